The van der Waals surface area contributed by atoms with Crippen molar-refractivity contribution < 1.29 is 23.9 Å². The zero-order valence-corrected chi connectivity index (χ0v) is 17.9. The fraction of sp³-hybridized carbons (Fsp3) is 0.381. The first-order chi connectivity index (χ1) is 15.0. The van der Waals surface area contributed by atoms with Crippen molar-refractivity contribution in [2.45, 2.75) is 32.7 Å². The summed E-state index contributed by atoms with van der Waals surface area (Å²) >= 11 is 1.30. The van der Waals surface area contributed by atoms with Crippen molar-refractivity contribution in [2.75, 3.05) is 25.1 Å². The Bertz CT molecular complexity index is 999. The lowest BCUT2D eigenvalue weighted by molar-refractivity contribution is -0.142. The summed E-state index contributed by atoms with van der Waals surface area (Å²) in [6.45, 7) is 1.97. The van der Waals surface area contributed by atoms with Gasteiger partial charge in [-0.1, -0.05) is 6.07 Å². The van der Waals surface area contributed by atoms with E-state index in [4.69, 9.17) is 9.47 Å². The number of nitriles is 1. The zero-order chi connectivity index (χ0) is 22.2. The van der Waals surface area contributed by atoms with Gasteiger partial charge in [-0.05, 0) is 30.5 Å². The van der Waals surface area contributed by atoms with Crippen molar-refractivity contribution in [1.29, 1.82) is 5.26 Å². The van der Waals surface area contributed by atoms with Gasteiger partial charge in [-0.15, -0.1) is 11.3 Å². The largest absolute Gasteiger partial charge is 0.462 e. The normalized spacial score (nSPS) is 12.5. The molecule has 1 aliphatic rings. The number of anilines is 1. The van der Waals surface area contributed by atoms with Crippen LogP contribution in [-0.4, -0.2) is 47.6 Å². The SMILES string of the molecule is CC(=O)OCCOC(=O)N1CCc2c(sc(NC(=O)CCc3ccccn3)c2C#N)C1. The van der Waals surface area contributed by atoms with Gasteiger partial charge in [0.2, 0.25) is 5.91 Å². The Kier molecular flexibility index (Phi) is 7.56. The van der Waals surface area contributed by atoms with Crippen molar-refractivity contribution >= 4 is 34.3 Å². The van der Waals surface area contributed by atoms with Crippen LogP contribution in [0.4, 0.5) is 9.80 Å². The van der Waals surface area contributed by atoms with Gasteiger partial charge in [0.05, 0.1) is 12.1 Å². The number of nitrogens with one attached hydrogen (secondary N) is 1. The van der Waals surface area contributed by atoms with Crippen LogP contribution in [0.3, 0.4) is 0 Å². The summed E-state index contributed by atoms with van der Waals surface area (Å²) < 4.78 is 9.86. The predicted octanol–water partition coefficient (Wildman–Crippen LogP) is 2.64. The van der Waals surface area contributed by atoms with Crippen LogP contribution in [0.1, 0.15) is 35.0 Å². The number of rotatable bonds is 7. The second kappa shape index (κ2) is 10.5. The summed E-state index contributed by atoms with van der Waals surface area (Å²) in [6.07, 6.45) is 2.43. The van der Waals surface area contributed by atoms with Crippen molar-refractivity contribution in [3.05, 3.63) is 46.1 Å². The van der Waals surface area contributed by atoms with Crippen LogP contribution in [0.5, 0.6) is 0 Å². The Morgan fingerprint density at radius 1 is 1.29 bits per heavy atom. The minimum atomic E-state index is -0.509. The van der Waals surface area contributed by atoms with Gasteiger partial charge < -0.3 is 19.7 Å². The molecule has 3 heterocycles. The summed E-state index contributed by atoms with van der Waals surface area (Å²) in [6, 6.07) is 7.73. The summed E-state index contributed by atoms with van der Waals surface area (Å²) in [7, 11) is 0. The number of carbonyl (C=O) groups is 3. The number of esters is 1. The van der Waals surface area contributed by atoms with Gasteiger partial charge in [0.25, 0.3) is 0 Å². The molecule has 10 heteroatoms. The number of amides is 2. The van der Waals surface area contributed by atoms with Crippen LogP contribution in [0.25, 0.3) is 0 Å². The van der Waals surface area contributed by atoms with Crippen molar-refractivity contribution in [1.82, 2.24) is 9.88 Å². The van der Waals surface area contributed by atoms with E-state index in [1.807, 2.05) is 18.2 Å². The topological polar surface area (TPSA) is 122 Å². The Balaban J connectivity index is 1.58. The van der Waals surface area contributed by atoms with Gasteiger partial charge in [-0.2, -0.15) is 5.26 Å². The molecular formula is C21H22N4O5S. The van der Waals surface area contributed by atoms with Crippen LogP contribution in [0, 0.1) is 11.3 Å². The molecule has 2 aromatic rings. The van der Waals surface area contributed by atoms with E-state index in [1.54, 1.807) is 6.20 Å². The standard InChI is InChI=1S/C21H22N4O5S/c1-14(26)29-10-11-30-21(28)25-9-7-16-17(12-22)20(31-18(16)13-25)24-19(27)6-5-15-4-2-3-8-23-15/h2-4,8H,5-7,9-11,13H2,1H3,(H,24,27). The number of ether oxygens (including phenoxy) is 2. The third-order valence-electron chi connectivity index (χ3n) is 4.63. The fourth-order valence-electron chi connectivity index (χ4n) is 3.15. The molecule has 0 unspecified atom stereocenters. The Labute approximate surface area is 183 Å². The average Bonchev–Trinajstić information content (AvgIpc) is 3.11. The van der Waals surface area contributed by atoms with E-state index < -0.39 is 12.1 Å². The summed E-state index contributed by atoms with van der Waals surface area (Å²) in [5.74, 6) is -0.627. The Morgan fingerprint density at radius 2 is 2.10 bits per heavy atom. The van der Waals surface area contributed by atoms with Gasteiger partial charge in [-0.3, -0.25) is 14.6 Å². The highest BCUT2D eigenvalue weighted by Gasteiger charge is 2.28. The predicted molar refractivity (Wildman–Crippen MR) is 112 cm³/mol. The smallest absolute Gasteiger partial charge is 0.410 e. The number of nitrogens with zero attached hydrogens (tertiary/aromatic N) is 3. The molecule has 0 radical (unpaired) electrons. The van der Waals surface area contributed by atoms with Gasteiger partial charge in [0.1, 0.15) is 24.3 Å². The van der Waals surface area contributed by atoms with Crippen molar-refractivity contribution in [2.24, 2.45) is 0 Å². The number of pyridine rings is 1. The van der Waals surface area contributed by atoms with E-state index in [1.165, 1.54) is 23.2 Å². The zero-order valence-electron chi connectivity index (χ0n) is 17.1. The monoisotopic (exact) mass is 442 g/mol. The molecule has 1 aliphatic heterocycles. The molecular weight excluding hydrogens is 420 g/mol. The van der Waals surface area contributed by atoms with Crippen molar-refractivity contribution in [3.63, 3.8) is 0 Å². The molecule has 0 spiro atoms. The highest BCUT2D eigenvalue weighted by atomic mass is 32.1. The first-order valence-corrected chi connectivity index (χ1v) is 10.6. The summed E-state index contributed by atoms with van der Waals surface area (Å²) in [4.78, 5) is 41.9. The quantitative estimate of drug-likeness (QED) is 0.517. The maximum atomic E-state index is 12.4. The van der Waals surface area contributed by atoms with Gasteiger partial charge >= 0.3 is 12.1 Å². The van der Waals surface area contributed by atoms with Crippen LogP contribution < -0.4 is 5.32 Å². The molecule has 0 fully saturated rings. The number of thiophene rings is 1. The highest BCUT2D eigenvalue weighted by molar-refractivity contribution is 7.16. The van der Waals surface area contributed by atoms with Crippen LogP contribution in [-0.2, 0) is 38.4 Å². The number of fused-ring (bicyclic) bond motifs is 1. The molecule has 0 atom stereocenters. The first kappa shape index (κ1) is 22.2. The van der Waals surface area contributed by atoms with E-state index in [2.05, 4.69) is 16.4 Å². The second-order valence-electron chi connectivity index (χ2n) is 6.81. The van der Waals surface area contributed by atoms with E-state index in [9.17, 15) is 19.6 Å². The molecule has 9 nitrogen and oxygen atoms in total. The van der Waals surface area contributed by atoms with Crippen LogP contribution in [0.2, 0.25) is 0 Å². The molecule has 1 N–H and O–H groups in total. The van der Waals surface area contributed by atoms with Crippen LogP contribution >= 0.6 is 11.3 Å². The number of hydrogen-bond donors (Lipinski definition) is 1. The third kappa shape index (κ3) is 6.02. The molecule has 0 saturated carbocycles. The van der Waals surface area contributed by atoms with Crippen LogP contribution in [0.15, 0.2) is 24.4 Å². The number of aryl methyl sites for hydroxylation is 1. The van der Waals surface area contributed by atoms with E-state index in [0.29, 0.717) is 36.5 Å². The third-order valence-corrected chi connectivity index (χ3v) is 5.76. The Morgan fingerprint density at radius 3 is 2.81 bits per heavy atom. The van der Waals surface area contributed by atoms with Crippen molar-refractivity contribution in [3.8, 4) is 6.07 Å². The summed E-state index contributed by atoms with van der Waals surface area (Å²) in [5, 5.41) is 12.9. The van der Waals surface area contributed by atoms with E-state index >= 15 is 0 Å². The lowest BCUT2D eigenvalue weighted by Crippen LogP contribution is -2.36. The molecule has 162 valence electrons. The average molecular weight is 442 g/mol. The minimum absolute atomic E-state index is 0.00638. The number of carbonyl (C=O) groups excluding carboxylic acids is 3. The molecule has 31 heavy (non-hydrogen) atoms. The number of aromatic nitrogens is 1. The van der Waals surface area contributed by atoms with Gasteiger partial charge in [0, 0.05) is 36.7 Å². The lowest BCUT2D eigenvalue weighted by atomic mass is 10.0. The van der Waals surface area contributed by atoms with E-state index in [0.717, 1.165) is 16.1 Å². The first-order valence-electron chi connectivity index (χ1n) is 9.77. The number of hydrogen-bond acceptors (Lipinski definition) is 8. The Hall–Kier alpha value is -3.45. The maximum Gasteiger partial charge on any atom is 0.410 e. The maximum absolute atomic E-state index is 12.4. The molecule has 0 bridgehead atoms. The molecule has 0 aromatic carbocycles. The van der Waals surface area contributed by atoms with E-state index in [-0.39, 0.29) is 25.5 Å². The molecule has 0 aliphatic carbocycles. The highest BCUT2D eigenvalue weighted by Crippen LogP contribution is 2.36. The minimum Gasteiger partial charge on any atom is -0.462 e. The fourth-order valence-corrected chi connectivity index (χ4v) is 4.38. The van der Waals surface area contributed by atoms with Gasteiger partial charge in [-0.25, -0.2) is 4.79 Å². The van der Waals surface area contributed by atoms with Gasteiger partial charge in [0.15, 0.2) is 0 Å². The molecule has 2 amide bonds. The molecule has 2 aromatic heterocycles. The summed E-state index contributed by atoms with van der Waals surface area (Å²) in [5.41, 5.74) is 2.14. The molecule has 3 rings (SSSR count). The second-order valence-corrected chi connectivity index (χ2v) is 7.92. The lowest BCUT2D eigenvalue weighted by Gasteiger charge is -2.26. The molecule has 0 saturated heterocycles.